The van der Waals surface area contributed by atoms with E-state index in [1.165, 1.54) is 0 Å². The molecule has 130 valence electrons. The summed E-state index contributed by atoms with van der Waals surface area (Å²) in [7, 11) is 0. The van der Waals surface area contributed by atoms with Crippen LogP contribution in [0.3, 0.4) is 0 Å². The van der Waals surface area contributed by atoms with Gasteiger partial charge in [0.05, 0.1) is 12.6 Å². The molecule has 0 aromatic carbocycles. The van der Waals surface area contributed by atoms with E-state index in [4.69, 9.17) is 9.26 Å². The lowest BCUT2D eigenvalue weighted by atomic mass is 10.2. The van der Waals surface area contributed by atoms with Gasteiger partial charge in [-0.3, -0.25) is 14.8 Å². The molecule has 3 heterocycles. The number of rotatable bonds is 5. The Balaban J connectivity index is 1.61. The lowest BCUT2D eigenvalue weighted by Crippen LogP contribution is -2.48. The zero-order valence-corrected chi connectivity index (χ0v) is 14.1. The van der Waals surface area contributed by atoms with Crippen LogP contribution < -0.4 is 5.32 Å². The number of nitrogens with one attached hydrogen (secondary N) is 2. The Bertz CT molecular complexity index is 697. The molecule has 0 unspecified atom stereocenters. The van der Waals surface area contributed by atoms with Gasteiger partial charge in [-0.1, -0.05) is 12.1 Å². The summed E-state index contributed by atoms with van der Waals surface area (Å²) in [6, 6.07) is 1.37. The van der Waals surface area contributed by atoms with Crippen molar-refractivity contribution in [3.05, 3.63) is 23.5 Å². The lowest BCUT2D eigenvalue weighted by molar-refractivity contribution is -0.124. The second-order valence-electron chi connectivity index (χ2n) is 5.84. The van der Waals surface area contributed by atoms with Crippen LogP contribution in [-0.2, 0) is 16.0 Å². The van der Waals surface area contributed by atoms with E-state index < -0.39 is 0 Å². The van der Waals surface area contributed by atoms with Gasteiger partial charge >= 0.3 is 0 Å². The first kappa shape index (κ1) is 16.6. The molecule has 1 fully saturated rings. The lowest BCUT2D eigenvalue weighted by Gasteiger charge is -2.34. The highest BCUT2D eigenvalue weighted by Crippen LogP contribution is 2.21. The number of carbonyl (C=O) groups is 1. The largest absolute Gasteiger partial charge is 0.367 e. The maximum absolute atomic E-state index is 12.4. The van der Waals surface area contributed by atoms with Gasteiger partial charge in [0.1, 0.15) is 17.7 Å². The number of amides is 1. The number of nitrogens with zero attached hydrogens (tertiary/aromatic N) is 4. The zero-order chi connectivity index (χ0) is 17.1. The van der Waals surface area contributed by atoms with Crippen molar-refractivity contribution in [1.82, 2.24) is 25.2 Å². The van der Waals surface area contributed by atoms with E-state index in [1.807, 2.05) is 13.8 Å². The fraction of sp³-hybridized carbons (Fsp3) is 0.600. The number of ether oxygens (including phenoxy) is 1. The summed E-state index contributed by atoms with van der Waals surface area (Å²) in [5.41, 5.74) is 0. The van der Waals surface area contributed by atoms with Crippen LogP contribution in [-0.4, -0.2) is 56.9 Å². The minimum absolute atomic E-state index is 0.131. The van der Waals surface area contributed by atoms with Crippen molar-refractivity contribution < 1.29 is 14.1 Å². The van der Waals surface area contributed by atoms with Crippen LogP contribution in [0.4, 0.5) is 5.82 Å². The smallest absolute Gasteiger partial charge is 0.242 e. The SMILES string of the molecule is CCc1nc([C@@H]2CN([C@@H](C)C(=O)Nc3cc(C)on3)CCO2)n[nH]1. The van der Waals surface area contributed by atoms with Gasteiger partial charge in [0, 0.05) is 25.6 Å². The molecule has 0 radical (unpaired) electrons. The first-order valence-corrected chi connectivity index (χ1v) is 8.07. The average Bonchev–Trinajstić information content (AvgIpc) is 3.23. The first-order valence-electron chi connectivity index (χ1n) is 8.07. The maximum atomic E-state index is 12.4. The van der Waals surface area contributed by atoms with Gasteiger partial charge in [0.15, 0.2) is 11.6 Å². The highest BCUT2D eigenvalue weighted by molar-refractivity contribution is 5.93. The number of morpholine rings is 1. The Morgan fingerprint density at radius 3 is 3.08 bits per heavy atom. The molecule has 0 spiro atoms. The molecule has 1 aliphatic rings. The van der Waals surface area contributed by atoms with Crippen molar-refractivity contribution in [3.63, 3.8) is 0 Å². The van der Waals surface area contributed by atoms with Gasteiger partial charge in [-0.15, -0.1) is 0 Å². The second kappa shape index (κ2) is 7.10. The molecule has 24 heavy (non-hydrogen) atoms. The summed E-state index contributed by atoms with van der Waals surface area (Å²) >= 11 is 0. The Kier molecular flexibility index (Phi) is 4.91. The highest BCUT2D eigenvalue weighted by Gasteiger charge is 2.31. The molecule has 0 saturated carbocycles. The van der Waals surface area contributed by atoms with Crippen molar-refractivity contribution in [2.45, 2.75) is 39.3 Å². The molecule has 2 aromatic rings. The number of H-pyrrole nitrogens is 1. The summed E-state index contributed by atoms with van der Waals surface area (Å²) < 4.78 is 10.7. The van der Waals surface area contributed by atoms with Crippen molar-refractivity contribution in [3.8, 4) is 0 Å². The summed E-state index contributed by atoms with van der Waals surface area (Å²) in [6.07, 6.45) is 0.555. The van der Waals surface area contributed by atoms with E-state index in [2.05, 4.69) is 30.6 Å². The summed E-state index contributed by atoms with van der Waals surface area (Å²) in [6.45, 7) is 7.42. The maximum Gasteiger partial charge on any atom is 0.242 e. The zero-order valence-electron chi connectivity index (χ0n) is 14.1. The van der Waals surface area contributed by atoms with Crippen LogP contribution in [0.15, 0.2) is 10.6 Å². The molecule has 0 aliphatic carbocycles. The molecule has 0 bridgehead atoms. The molecule has 3 rings (SSSR count). The number of carbonyl (C=O) groups excluding carboxylic acids is 1. The second-order valence-corrected chi connectivity index (χ2v) is 5.84. The van der Waals surface area contributed by atoms with Crippen LogP contribution in [0.5, 0.6) is 0 Å². The molecule has 1 aliphatic heterocycles. The van der Waals surface area contributed by atoms with Crippen LogP contribution in [0.1, 0.15) is 37.4 Å². The first-order chi connectivity index (χ1) is 11.6. The number of aromatic amines is 1. The van der Waals surface area contributed by atoms with Crippen LogP contribution in [0, 0.1) is 6.92 Å². The van der Waals surface area contributed by atoms with Crippen molar-refractivity contribution >= 4 is 11.7 Å². The van der Waals surface area contributed by atoms with Crippen LogP contribution in [0.2, 0.25) is 0 Å². The summed E-state index contributed by atoms with van der Waals surface area (Å²) in [5, 5.41) is 13.7. The van der Waals surface area contributed by atoms with Crippen LogP contribution >= 0.6 is 0 Å². The standard InChI is InChI=1S/C15H22N6O3/c1-4-12-16-14(19-18-12)11-8-21(5-6-23-11)10(3)15(22)17-13-7-9(2)24-20-13/h7,10-11H,4-6,8H2,1-3H3,(H,16,18,19)(H,17,20,22)/t10-,11-/m0/s1. The predicted octanol–water partition coefficient (Wildman–Crippen LogP) is 1.06. The molecular formula is C15H22N6O3. The van der Waals surface area contributed by atoms with Gasteiger partial charge < -0.3 is 14.6 Å². The molecule has 9 nitrogen and oxygen atoms in total. The van der Waals surface area contributed by atoms with Gasteiger partial charge in [-0.05, 0) is 13.8 Å². The van der Waals surface area contributed by atoms with Crippen molar-refractivity contribution in [2.75, 3.05) is 25.0 Å². The fourth-order valence-electron chi connectivity index (χ4n) is 2.61. The molecule has 2 N–H and O–H groups in total. The quantitative estimate of drug-likeness (QED) is 0.841. The minimum Gasteiger partial charge on any atom is -0.367 e. The topological polar surface area (TPSA) is 109 Å². The molecule has 1 amide bonds. The Labute approximate surface area is 139 Å². The number of aromatic nitrogens is 4. The van der Waals surface area contributed by atoms with Gasteiger partial charge in [-0.25, -0.2) is 4.98 Å². The third-order valence-corrected chi connectivity index (χ3v) is 4.08. The van der Waals surface area contributed by atoms with E-state index in [1.54, 1.807) is 13.0 Å². The monoisotopic (exact) mass is 334 g/mol. The Morgan fingerprint density at radius 2 is 2.42 bits per heavy atom. The van der Waals surface area contributed by atoms with Gasteiger partial charge in [-0.2, -0.15) is 5.10 Å². The summed E-state index contributed by atoms with van der Waals surface area (Å²) in [4.78, 5) is 18.9. The number of aryl methyl sites for hydroxylation is 2. The van der Waals surface area contributed by atoms with E-state index in [9.17, 15) is 4.79 Å². The normalized spacial score (nSPS) is 20.0. The molecule has 2 aromatic heterocycles. The third kappa shape index (κ3) is 3.62. The van der Waals surface area contributed by atoms with Crippen molar-refractivity contribution in [1.29, 1.82) is 0 Å². The predicted molar refractivity (Wildman–Crippen MR) is 85.4 cm³/mol. The molecule has 1 saturated heterocycles. The Morgan fingerprint density at radius 1 is 1.58 bits per heavy atom. The van der Waals surface area contributed by atoms with E-state index in [0.717, 1.165) is 12.2 Å². The van der Waals surface area contributed by atoms with Crippen molar-refractivity contribution in [2.24, 2.45) is 0 Å². The summed E-state index contributed by atoms with van der Waals surface area (Å²) in [5.74, 6) is 2.42. The molecular weight excluding hydrogens is 312 g/mol. The molecule has 2 atom stereocenters. The van der Waals surface area contributed by atoms with E-state index in [-0.39, 0.29) is 18.1 Å². The van der Waals surface area contributed by atoms with Gasteiger partial charge in [0.2, 0.25) is 5.91 Å². The van der Waals surface area contributed by atoms with Gasteiger partial charge in [0.25, 0.3) is 0 Å². The van der Waals surface area contributed by atoms with E-state index >= 15 is 0 Å². The highest BCUT2D eigenvalue weighted by atomic mass is 16.5. The fourth-order valence-corrected chi connectivity index (χ4v) is 2.61. The average molecular weight is 334 g/mol. The number of anilines is 1. The minimum atomic E-state index is -0.321. The van der Waals surface area contributed by atoms with E-state index in [0.29, 0.717) is 37.1 Å². The number of hydrogen-bond donors (Lipinski definition) is 2. The number of hydrogen-bond acceptors (Lipinski definition) is 7. The molecule has 9 heteroatoms. The third-order valence-electron chi connectivity index (χ3n) is 4.08. The Hall–Kier alpha value is -2.26. The van der Waals surface area contributed by atoms with Crippen LogP contribution in [0.25, 0.3) is 0 Å².